The third-order valence-electron chi connectivity index (χ3n) is 2.91. The van der Waals surface area contributed by atoms with E-state index in [1.165, 1.54) is 11.8 Å². The number of rotatable bonds is 4. The molecule has 6 nitrogen and oxygen atoms in total. The molecule has 0 saturated carbocycles. The number of benzene rings is 1. The van der Waals surface area contributed by atoms with Gasteiger partial charge >= 0.3 is 0 Å². The molecule has 0 aliphatic heterocycles. The highest BCUT2D eigenvalue weighted by molar-refractivity contribution is 6.01. The zero-order valence-corrected chi connectivity index (χ0v) is 12.2. The molecule has 0 aliphatic rings. The van der Waals surface area contributed by atoms with Crippen LogP contribution in [0.25, 0.3) is 0 Å². The van der Waals surface area contributed by atoms with Gasteiger partial charge in [0.15, 0.2) is 5.82 Å². The van der Waals surface area contributed by atoms with E-state index < -0.39 is 0 Å². The number of amides is 2. The maximum atomic E-state index is 12.0. The Labute approximate surface area is 122 Å². The van der Waals surface area contributed by atoms with Crippen LogP contribution >= 0.6 is 0 Å². The Morgan fingerprint density at radius 3 is 2.43 bits per heavy atom. The van der Waals surface area contributed by atoms with Crippen molar-refractivity contribution in [3.8, 4) is 0 Å². The van der Waals surface area contributed by atoms with E-state index in [2.05, 4.69) is 10.5 Å². The molecule has 1 N–H and O–H groups in total. The maximum Gasteiger partial charge on any atom is 0.244 e. The van der Waals surface area contributed by atoms with Crippen LogP contribution in [0, 0.1) is 13.8 Å². The molecule has 2 aromatic rings. The molecule has 1 aromatic heterocycles. The minimum atomic E-state index is -0.297. The minimum absolute atomic E-state index is 0.116. The molecule has 2 amide bonds. The van der Waals surface area contributed by atoms with E-state index >= 15 is 0 Å². The number of nitrogens with one attached hydrogen (secondary N) is 1. The molecule has 0 fully saturated rings. The molecular formula is C15H17N3O3. The van der Waals surface area contributed by atoms with Gasteiger partial charge in [-0.1, -0.05) is 22.9 Å². The summed E-state index contributed by atoms with van der Waals surface area (Å²) < 4.78 is 4.93. The van der Waals surface area contributed by atoms with Crippen LogP contribution in [0.2, 0.25) is 0 Å². The maximum absolute atomic E-state index is 12.0. The van der Waals surface area contributed by atoms with Crippen LogP contribution in [0.1, 0.15) is 18.2 Å². The quantitative estimate of drug-likeness (QED) is 0.936. The molecule has 0 aliphatic carbocycles. The summed E-state index contributed by atoms with van der Waals surface area (Å²) >= 11 is 0. The van der Waals surface area contributed by atoms with E-state index in [9.17, 15) is 9.59 Å². The lowest BCUT2D eigenvalue weighted by Gasteiger charge is -2.17. The van der Waals surface area contributed by atoms with Gasteiger partial charge in [-0.15, -0.1) is 0 Å². The molecule has 0 radical (unpaired) electrons. The Morgan fingerprint density at radius 2 is 1.90 bits per heavy atom. The highest BCUT2D eigenvalue weighted by atomic mass is 16.5. The van der Waals surface area contributed by atoms with Crippen molar-refractivity contribution in [1.82, 2.24) is 5.16 Å². The number of hydrogen-bond donors (Lipinski definition) is 1. The van der Waals surface area contributed by atoms with Crippen LogP contribution in [0.5, 0.6) is 0 Å². The minimum Gasteiger partial charge on any atom is -0.360 e. The summed E-state index contributed by atoms with van der Waals surface area (Å²) in [5, 5.41) is 6.50. The summed E-state index contributed by atoms with van der Waals surface area (Å²) in [5.74, 6) is 0.339. The largest absolute Gasteiger partial charge is 0.360 e. The van der Waals surface area contributed by atoms with Gasteiger partial charge in [0.1, 0.15) is 12.3 Å². The van der Waals surface area contributed by atoms with Gasteiger partial charge in [0.2, 0.25) is 11.8 Å². The first-order valence-electron chi connectivity index (χ1n) is 6.53. The van der Waals surface area contributed by atoms with Gasteiger partial charge in [-0.05, 0) is 26.0 Å². The van der Waals surface area contributed by atoms with Crippen molar-refractivity contribution in [3.63, 3.8) is 0 Å². The van der Waals surface area contributed by atoms with Crippen molar-refractivity contribution in [2.45, 2.75) is 20.8 Å². The average Bonchev–Trinajstić information content (AvgIpc) is 2.85. The molecule has 0 saturated heterocycles. The van der Waals surface area contributed by atoms with E-state index in [-0.39, 0.29) is 18.4 Å². The first-order valence-corrected chi connectivity index (χ1v) is 6.53. The molecule has 0 atom stereocenters. The Kier molecular flexibility index (Phi) is 4.37. The van der Waals surface area contributed by atoms with Crippen molar-refractivity contribution < 1.29 is 14.1 Å². The number of nitrogens with zero attached hydrogens (tertiary/aromatic N) is 2. The lowest BCUT2D eigenvalue weighted by atomic mass is 10.2. The van der Waals surface area contributed by atoms with E-state index in [1.54, 1.807) is 13.0 Å². The number of hydrogen-bond acceptors (Lipinski definition) is 4. The Balaban J connectivity index is 2.05. The van der Waals surface area contributed by atoms with Gasteiger partial charge in [0.05, 0.1) is 0 Å². The zero-order chi connectivity index (χ0) is 15.4. The standard InChI is InChI=1S/C15H17N3O3/c1-10-4-6-13(7-5-10)16-15(20)9-18(12(3)19)14-8-11(2)21-17-14/h4-8H,9H2,1-3H3,(H,16,20). The fourth-order valence-electron chi connectivity index (χ4n) is 1.82. The number of aromatic nitrogens is 1. The van der Waals surface area contributed by atoms with Crippen LogP contribution < -0.4 is 10.2 Å². The molecule has 1 heterocycles. The Bertz CT molecular complexity index is 646. The van der Waals surface area contributed by atoms with Crippen molar-refractivity contribution in [2.24, 2.45) is 0 Å². The van der Waals surface area contributed by atoms with Crippen LogP contribution in [-0.4, -0.2) is 23.5 Å². The van der Waals surface area contributed by atoms with Crippen molar-refractivity contribution >= 4 is 23.3 Å². The molecule has 1 aromatic carbocycles. The van der Waals surface area contributed by atoms with Gasteiger partial charge in [-0.2, -0.15) is 0 Å². The third-order valence-corrected chi connectivity index (χ3v) is 2.91. The van der Waals surface area contributed by atoms with Gasteiger partial charge in [0, 0.05) is 18.7 Å². The number of carbonyl (C=O) groups is 2. The lowest BCUT2D eigenvalue weighted by Crippen LogP contribution is -2.36. The van der Waals surface area contributed by atoms with E-state index in [1.807, 2.05) is 31.2 Å². The average molecular weight is 287 g/mol. The van der Waals surface area contributed by atoms with Crippen LogP contribution in [-0.2, 0) is 9.59 Å². The van der Waals surface area contributed by atoms with Crippen molar-refractivity contribution in [1.29, 1.82) is 0 Å². The van der Waals surface area contributed by atoms with Crippen molar-refractivity contribution in [2.75, 3.05) is 16.8 Å². The molecule has 21 heavy (non-hydrogen) atoms. The van der Waals surface area contributed by atoms with E-state index in [0.29, 0.717) is 17.3 Å². The second-order valence-electron chi connectivity index (χ2n) is 4.82. The number of anilines is 2. The number of carbonyl (C=O) groups excluding carboxylic acids is 2. The normalized spacial score (nSPS) is 10.2. The van der Waals surface area contributed by atoms with Crippen molar-refractivity contribution in [3.05, 3.63) is 41.7 Å². The first-order chi connectivity index (χ1) is 9.95. The monoisotopic (exact) mass is 287 g/mol. The topological polar surface area (TPSA) is 75.4 Å². The Hall–Kier alpha value is -2.63. The van der Waals surface area contributed by atoms with Crippen LogP contribution in [0.15, 0.2) is 34.9 Å². The molecule has 110 valence electrons. The SMILES string of the molecule is CC(=O)N(CC(=O)Nc1ccc(C)cc1)c1cc(C)on1. The molecule has 6 heteroatoms. The molecule has 0 spiro atoms. The molecule has 0 bridgehead atoms. The van der Waals surface area contributed by atoms with E-state index in [0.717, 1.165) is 5.56 Å². The van der Waals surface area contributed by atoms with Gasteiger partial charge < -0.3 is 9.84 Å². The van der Waals surface area contributed by atoms with Gasteiger partial charge in [-0.25, -0.2) is 0 Å². The number of aryl methyl sites for hydroxylation is 2. The molecule has 0 unspecified atom stereocenters. The summed E-state index contributed by atoms with van der Waals surface area (Å²) in [7, 11) is 0. The summed E-state index contributed by atoms with van der Waals surface area (Å²) in [6, 6.07) is 9.04. The predicted octanol–water partition coefficient (Wildman–Crippen LogP) is 2.28. The fourth-order valence-corrected chi connectivity index (χ4v) is 1.82. The highest BCUT2D eigenvalue weighted by Gasteiger charge is 2.19. The van der Waals surface area contributed by atoms with Crippen LogP contribution in [0.4, 0.5) is 11.5 Å². The second kappa shape index (κ2) is 6.21. The zero-order valence-electron chi connectivity index (χ0n) is 12.2. The summed E-state index contributed by atoms with van der Waals surface area (Å²) in [6.07, 6.45) is 0. The summed E-state index contributed by atoms with van der Waals surface area (Å²) in [6.45, 7) is 4.95. The predicted molar refractivity (Wildman–Crippen MR) is 79.1 cm³/mol. The molecular weight excluding hydrogens is 270 g/mol. The smallest absolute Gasteiger partial charge is 0.244 e. The summed E-state index contributed by atoms with van der Waals surface area (Å²) in [5.41, 5.74) is 1.79. The highest BCUT2D eigenvalue weighted by Crippen LogP contribution is 2.14. The molecule has 2 rings (SSSR count). The van der Waals surface area contributed by atoms with Crippen LogP contribution in [0.3, 0.4) is 0 Å². The fraction of sp³-hybridized carbons (Fsp3) is 0.267. The lowest BCUT2D eigenvalue weighted by molar-refractivity contribution is -0.120. The van der Waals surface area contributed by atoms with Gasteiger partial charge in [-0.3, -0.25) is 14.5 Å². The first kappa shape index (κ1) is 14.8. The van der Waals surface area contributed by atoms with Gasteiger partial charge in [0.25, 0.3) is 0 Å². The second-order valence-corrected chi connectivity index (χ2v) is 4.82. The summed E-state index contributed by atoms with van der Waals surface area (Å²) in [4.78, 5) is 24.9. The third kappa shape index (κ3) is 3.92. The van der Waals surface area contributed by atoms with E-state index in [4.69, 9.17) is 4.52 Å². The Morgan fingerprint density at radius 1 is 1.24 bits per heavy atom.